The third-order valence-electron chi connectivity index (χ3n) is 3.48. The van der Waals surface area contributed by atoms with E-state index in [1.165, 1.54) is 16.4 Å². The number of hydrogen-bond donors (Lipinski definition) is 1. The van der Waals surface area contributed by atoms with Crippen LogP contribution in [0.4, 0.5) is 0 Å². The van der Waals surface area contributed by atoms with Crippen LogP contribution in [-0.4, -0.2) is 62.1 Å². The fourth-order valence-corrected chi connectivity index (χ4v) is 4.97. The van der Waals surface area contributed by atoms with Crippen LogP contribution in [0, 0.1) is 0 Å². The highest BCUT2D eigenvalue weighted by Crippen LogP contribution is 2.31. The lowest BCUT2D eigenvalue weighted by atomic mass is 10.4. The molecule has 0 unspecified atom stereocenters. The summed E-state index contributed by atoms with van der Waals surface area (Å²) < 4.78 is 26.9. The number of sulfonamides is 1. The van der Waals surface area contributed by atoms with Crippen molar-refractivity contribution in [1.29, 1.82) is 0 Å². The molecule has 8 heteroatoms. The van der Waals surface area contributed by atoms with E-state index in [0.717, 1.165) is 6.54 Å². The third-order valence-corrected chi connectivity index (χ3v) is 6.34. The van der Waals surface area contributed by atoms with Gasteiger partial charge in [0.15, 0.2) is 0 Å². The van der Waals surface area contributed by atoms with Crippen molar-refractivity contribution < 1.29 is 13.5 Å². The molecule has 0 aromatic heterocycles. The lowest BCUT2D eigenvalue weighted by Gasteiger charge is -2.22. The van der Waals surface area contributed by atoms with Crippen molar-refractivity contribution in [3.63, 3.8) is 0 Å². The fourth-order valence-electron chi connectivity index (χ4n) is 2.41. The zero-order valence-electron chi connectivity index (χ0n) is 11.5. The monoisotopic (exact) mass is 352 g/mol. The van der Waals surface area contributed by atoms with Gasteiger partial charge >= 0.3 is 0 Å². The summed E-state index contributed by atoms with van der Waals surface area (Å²) in [5.41, 5.74) is 0. The Kier molecular flexibility index (Phi) is 5.88. The molecule has 2 rings (SSSR count). The summed E-state index contributed by atoms with van der Waals surface area (Å²) >= 11 is 12.0. The smallest absolute Gasteiger partial charge is 0.246 e. The van der Waals surface area contributed by atoms with Crippen LogP contribution in [0.15, 0.2) is 23.1 Å². The normalized spacial score (nSPS) is 18.6. The number of aliphatic hydroxyl groups is 1. The maximum Gasteiger partial charge on any atom is 0.246 e. The molecule has 0 saturated carbocycles. The molecule has 0 aliphatic carbocycles. The van der Waals surface area contributed by atoms with E-state index in [1.54, 1.807) is 6.07 Å². The van der Waals surface area contributed by atoms with Crippen LogP contribution in [0.2, 0.25) is 10.0 Å². The van der Waals surface area contributed by atoms with E-state index in [1.807, 2.05) is 4.90 Å². The van der Waals surface area contributed by atoms with Crippen LogP contribution in [0.1, 0.15) is 6.42 Å². The molecule has 5 nitrogen and oxygen atoms in total. The Morgan fingerprint density at radius 1 is 1.10 bits per heavy atom. The second-order valence-corrected chi connectivity index (χ2v) is 7.56. The predicted octanol–water partition coefficient (Wildman–Crippen LogP) is 1.68. The highest BCUT2D eigenvalue weighted by molar-refractivity contribution is 7.89. The lowest BCUT2D eigenvalue weighted by molar-refractivity contribution is 0.202. The quantitative estimate of drug-likeness (QED) is 0.895. The molecular weight excluding hydrogens is 335 g/mol. The molecule has 1 saturated heterocycles. The Balaban J connectivity index is 2.24. The van der Waals surface area contributed by atoms with E-state index in [2.05, 4.69) is 0 Å². The summed E-state index contributed by atoms with van der Waals surface area (Å²) in [6.07, 6.45) is 0.710. The van der Waals surface area contributed by atoms with Gasteiger partial charge in [-0.05, 0) is 25.1 Å². The van der Waals surface area contributed by atoms with E-state index in [-0.39, 0.29) is 21.5 Å². The van der Waals surface area contributed by atoms with Crippen LogP contribution < -0.4 is 0 Å². The van der Waals surface area contributed by atoms with Gasteiger partial charge in [-0.2, -0.15) is 4.31 Å². The van der Waals surface area contributed by atoms with Crippen molar-refractivity contribution in [2.45, 2.75) is 11.3 Å². The standard InChI is InChI=1S/C13H18Cl2N2O3S/c14-11-3-1-4-12(15)13(11)21(19,20)17-6-2-5-16(7-8-17)9-10-18/h1,3-4,18H,2,5-10H2. The van der Waals surface area contributed by atoms with Gasteiger partial charge < -0.3 is 5.11 Å². The summed E-state index contributed by atoms with van der Waals surface area (Å²) in [4.78, 5) is 2.02. The molecule has 0 radical (unpaired) electrons. The molecule has 0 spiro atoms. The van der Waals surface area contributed by atoms with E-state index >= 15 is 0 Å². The molecule has 1 N–H and O–H groups in total. The van der Waals surface area contributed by atoms with Crippen molar-refractivity contribution in [3.8, 4) is 0 Å². The minimum absolute atomic E-state index is 0.0241. The first-order valence-electron chi connectivity index (χ1n) is 6.74. The second kappa shape index (κ2) is 7.26. The largest absolute Gasteiger partial charge is 0.395 e. The van der Waals surface area contributed by atoms with Crippen molar-refractivity contribution in [3.05, 3.63) is 28.2 Å². The summed E-state index contributed by atoms with van der Waals surface area (Å²) in [5.74, 6) is 0. The van der Waals surface area contributed by atoms with Gasteiger partial charge in [0.25, 0.3) is 0 Å². The van der Waals surface area contributed by atoms with Crippen LogP contribution >= 0.6 is 23.2 Å². The minimum Gasteiger partial charge on any atom is -0.395 e. The van der Waals surface area contributed by atoms with E-state index < -0.39 is 10.0 Å². The van der Waals surface area contributed by atoms with E-state index in [4.69, 9.17) is 28.3 Å². The van der Waals surface area contributed by atoms with Gasteiger partial charge in [-0.15, -0.1) is 0 Å². The van der Waals surface area contributed by atoms with Crippen LogP contribution in [0.25, 0.3) is 0 Å². The van der Waals surface area contributed by atoms with E-state index in [9.17, 15) is 8.42 Å². The number of benzene rings is 1. The lowest BCUT2D eigenvalue weighted by Crippen LogP contribution is -2.36. The summed E-state index contributed by atoms with van der Waals surface area (Å²) in [5, 5.41) is 9.25. The molecule has 1 fully saturated rings. The van der Waals surface area contributed by atoms with E-state index in [0.29, 0.717) is 32.6 Å². The average Bonchev–Trinajstić information content (AvgIpc) is 2.65. The van der Waals surface area contributed by atoms with Gasteiger partial charge in [0.1, 0.15) is 4.90 Å². The first kappa shape index (κ1) is 17.0. The number of nitrogens with zero attached hydrogens (tertiary/aromatic N) is 2. The maximum atomic E-state index is 12.7. The van der Waals surface area contributed by atoms with Gasteiger partial charge in [0.05, 0.1) is 16.7 Å². The summed E-state index contributed by atoms with van der Waals surface area (Å²) in [6, 6.07) is 4.67. The molecule has 1 heterocycles. The number of hydrogen-bond acceptors (Lipinski definition) is 4. The molecule has 0 bridgehead atoms. The zero-order valence-corrected chi connectivity index (χ0v) is 13.8. The SMILES string of the molecule is O=S(=O)(c1c(Cl)cccc1Cl)N1CCCN(CCO)CC1. The number of β-amino-alcohol motifs (C(OH)–C–C–N with tert-alkyl or cyclic N) is 1. The first-order chi connectivity index (χ1) is 9.96. The molecule has 1 aliphatic heterocycles. The Hall–Kier alpha value is -0.370. The molecule has 0 amide bonds. The molecule has 0 atom stereocenters. The second-order valence-electron chi connectivity index (χ2n) is 4.87. The predicted molar refractivity (Wildman–Crippen MR) is 83.4 cm³/mol. The van der Waals surface area contributed by atoms with Gasteiger partial charge in [-0.3, -0.25) is 4.90 Å². The first-order valence-corrected chi connectivity index (χ1v) is 8.94. The Morgan fingerprint density at radius 2 is 1.76 bits per heavy atom. The summed E-state index contributed by atoms with van der Waals surface area (Å²) in [6.45, 7) is 2.77. The maximum absolute atomic E-state index is 12.7. The van der Waals surface area contributed by atoms with Gasteiger partial charge in [0.2, 0.25) is 10.0 Å². The fraction of sp³-hybridized carbons (Fsp3) is 0.538. The van der Waals surface area contributed by atoms with Gasteiger partial charge in [-0.1, -0.05) is 29.3 Å². The highest BCUT2D eigenvalue weighted by atomic mass is 35.5. The average molecular weight is 353 g/mol. The third kappa shape index (κ3) is 3.88. The highest BCUT2D eigenvalue weighted by Gasteiger charge is 2.30. The molecule has 1 aromatic carbocycles. The minimum atomic E-state index is -3.70. The number of halogens is 2. The Labute approximate surface area is 135 Å². The van der Waals surface area contributed by atoms with Crippen molar-refractivity contribution in [2.24, 2.45) is 0 Å². The van der Waals surface area contributed by atoms with Crippen molar-refractivity contribution in [1.82, 2.24) is 9.21 Å². The van der Waals surface area contributed by atoms with Crippen molar-refractivity contribution in [2.75, 3.05) is 39.3 Å². The molecule has 21 heavy (non-hydrogen) atoms. The number of aliphatic hydroxyl groups excluding tert-OH is 1. The molecule has 1 aliphatic rings. The van der Waals surface area contributed by atoms with Crippen LogP contribution in [0.3, 0.4) is 0 Å². The Bertz CT molecular complexity index is 575. The zero-order chi connectivity index (χ0) is 15.5. The van der Waals surface area contributed by atoms with Gasteiger partial charge in [0, 0.05) is 26.2 Å². The molecular formula is C13H18Cl2N2O3S. The molecule has 118 valence electrons. The number of rotatable bonds is 4. The van der Waals surface area contributed by atoms with Crippen LogP contribution in [0.5, 0.6) is 0 Å². The van der Waals surface area contributed by atoms with Gasteiger partial charge in [-0.25, -0.2) is 8.42 Å². The summed E-state index contributed by atoms with van der Waals surface area (Å²) in [7, 11) is -3.70. The van der Waals surface area contributed by atoms with Crippen LogP contribution in [-0.2, 0) is 10.0 Å². The topological polar surface area (TPSA) is 60.9 Å². The molecule has 1 aromatic rings. The van der Waals surface area contributed by atoms with Crippen molar-refractivity contribution >= 4 is 33.2 Å². The Morgan fingerprint density at radius 3 is 2.38 bits per heavy atom.